The van der Waals surface area contributed by atoms with Crippen molar-refractivity contribution in [2.75, 3.05) is 12.4 Å². The van der Waals surface area contributed by atoms with Crippen molar-refractivity contribution in [3.8, 4) is 0 Å². The second-order valence-corrected chi connectivity index (χ2v) is 8.02. The average Bonchev–Trinajstić information content (AvgIpc) is 2.42. The Morgan fingerprint density at radius 2 is 1.86 bits per heavy atom. The summed E-state index contributed by atoms with van der Waals surface area (Å²) in [6.45, 7) is 3.52. The summed E-state index contributed by atoms with van der Waals surface area (Å²) in [6, 6.07) is 2.04. The van der Waals surface area contributed by atoms with Crippen LogP contribution >= 0.6 is 67.8 Å². The number of anilines is 1. The van der Waals surface area contributed by atoms with Crippen molar-refractivity contribution >= 4 is 85.3 Å². The first-order chi connectivity index (χ1) is 9.81. The predicted molar refractivity (Wildman–Crippen MR) is 110 cm³/mol. The molecule has 0 aliphatic rings. The van der Waals surface area contributed by atoms with Crippen molar-refractivity contribution in [2.24, 2.45) is 5.92 Å². The Morgan fingerprint density at radius 1 is 1.24 bits per heavy atom. The van der Waals surface area contributed by atoms with Crippen LogP contribution < -0.4 is 10.6 Å². The van der Waals surface area contributed by atoms with Crippen LogP contribution in [-0.4, -0.2) is 18.9 Å². The summed E-state index contributed by atoms with van der Waals surface area (Å²) < 4.78 is 3.15. The van der Waals surface area contributed by atoms with Gasteiger partial charge < -0.3 is 10.6 Å². The Hall–Kier alpha value is 0.350. The first-order valence-corrected chi connectivity index (χ1v) is 9.70. The van der Waals surface area contributed by atoms with Crippen LogP contribution in [0, 0.1) is 16.6 Å². The normalized spacial score (nSPS) is 11.9. The van der Waals surface area contributed by atoms with Crippen LogP contribution in [-0.2, 0) is 16.0 Å². The summed E-state index contributed by atoms with van der Waals surface area (Å²) in [7, 11) is 1.66. The molecule has 21 heavy (non-hydrogen) atoms. The Balaban J connectivity index is 3.23. The minimum atomic E-state index is -0.0867. The van der Waals surface area contributed by atoms with Gasteiger partial charge in [0.15, 0.2) is 0 Å². The molecule has 2 amide bonds. The summed E-state index contributed by atoms with van der Waals surface area (Å²) in [6.07, 6.45) is 1.46. The van der Waals surface area contributed by atoms with E-state index in [1.165, 1.54) is 6.92 Å². The van der Waals surface area contributed by atoms with E-state index in [-0.39, 0.29) is 17.7 Å². The first kappa shape index (κ1) is 19.4. The van der Waals surface area contributed by atoms with Gasteiger partial charge >= 0.3 is 0 Å². The van der Waals surface area contributed by atoms with Crippen LogP contribution in [0.15, 0.2) is 6.07 Å². The third-order valence-electron chi connectivity index (χ3n) is 3.13. The SMILES string of the molecule is CCC(Cc1c(I)cc(I)c(NC(C)=O)c1I)C(=O)NC. The lowest BCUT2D eigenvalue weighted by molar-refractivity contribution is -0.124. The van der Waals surface area contributed by atoms with Crippen LogP contribution in [0.3, 0.4) is 0 Å². The van der Waals surface area contributed by atoms with Crippen LogP contribution in [0.5, 0.6) is 0 Å². The fourth-order valence-corrected chi connectivity index (χ4v) is 6.06. The minimum Gasteiger partial charge on any atom is -0.359 e. The topological polar surface area (TPSA) is 58.2 Å². The molecule has 0 bridgehead atoms. The average molecular weight is 626 g/mol. The second kappa shape index (κ2) is 8.85. The van der Waals surface area contributed by atoms with Gasteiger partial charge in [0, 0.05) is 30.6 Å². The summed E-state index contributed by atoms with van der Waals surface area (Å²) in [5.74, 6) is -0.0812. The van der Waals surface area contributed by atoms with Gasteiger partial charge in [0.25, 0.3) is 0 Å². The van der Waals surface area contributed by atoms with Crippen molar-refractivity contribution in [1.29, 1.82) is 0 Å². The van der Waals surface area contributed by atoms with Crippen LogP contribution in [0.2, 0.25) is 0 Å². The van der Waals surface area contributed by atoms with E-state index in [9.17, 15) is 9.59 Å². The second-order valence-electron chi connectivity index (χ2n) is 4.61. The third-order valence-corrected chi connectivity index (χ3v) is 6.13. The number of hydrogen-bond donors (Lipinski definition) is 2. The van der Waals surface area contributed by atoms with Gasteiger partial charge in [-0.05, 0) is 92.2 Å². The molecule has 2 N–H and O–H groups in total. The molecule has 1 aromatic carbocycles. The lowest BCUT2D eigenvalue weighted by atomic mass is 9.96. The third kappa shape index (κ3) is 5.19. The first-order valence-electron chi connectivity index (χ1n) is 6.47. The number of carbonyl (C=O) groups excluding carboxylic acids is 2. The number of carbonyl (C=O) groups is 2. The molecule has 0 fully saturated rings. The highest BCUT2D eigenvalue weighted by atomic mass is 127. The molecule has 0 aliphatic heterocycles. The molecule has 0 spiro atoms. The van der Waals surface area contributed by atoms with E-state index < -0.39 is 0 Å². The van der Waals surface area contributed by atoms with Crippen molar-refractivity contribution in [2.45, 2.75) is 26.7 Å². The zero-order valence-electron chi connectivity index (χ0n) is 12.0. The molecule has 1 unspecified atom stereocenters. The molecular formula is C14H17I3N2O2. The van der Waals surface area contributed by atoms with Gasteiger partial charge in [-0.15, -0.1) is 0 Å². The van der Waals surface area contributed by atoms with Crippen molar-refractivity contribution in [3.63, 3.8) is 0 Å². The maximum Gasteiger partial charge on any atom is 0.223 e. The van der Waals surface area contributed by atoms with E-state index in [1.54, 1.807) is 7.05 Å². The van der Waals surface area contributed by atoms with E-state index in [4.69, 9.17) is 0 Å². The van der Waals surface area contributed by atoms with Crippen LogP contribution in [0.25, 0.3) is 0 Å². The molecule has 0 aliphatic carbocycles. The number of benzene rings is 1. The molecule has 0 aromatic heterocycles. The highest BCUT2D eigenvalue weighted by Gasteiger charge is 2.21. The molecule has 1 rings (SSSR count). The Labute approximate surface area is 166 Å². The number of halogens is 3. The van der Waals surface area contributed by atoms with Gasteiger partial charge in [0.2, 0.25) is 11.8 Å². The van der Waals surface area contributed by atoms with Gasteiger partial charge in [-0.3, -0.25) is 9.59 Å². The summed E-state index contributed by atoms with van der Waals surface area (Å²) >= 11 is 6.77. The molecule has 116 valence electrons. The molecule has 0 radical (unpaired) electrons. The zero-order chi connectivity index (χ0) is 16.2. The molecule has 1 atom stereocenters. The smallest absolute Gasteiger partial charge is 0.223 e. The minimum absolute atomic E-state index is 0.0535. The monoisotopic (exact) mass is 626 g/mol. The highest BCUT2D eigenvalue weighted by molar-refractivity contribution is 14.1. The quantitative estimate of drug-likeness (QED) is 0.490. The summed E-state index contributed by atoms with van der Waals surface area (Å²) in [4.78, 5) is 23.3. The van der Waals surface area contributed by atoms with Gasteiger partial charge in [0.1, 0.15) is 0 Å². The van der Waals surface area contributed by atoms with Crippen molar-refractivity contribution in [1.82, 2.24) is 5.32 Å². The lowest BCUT2D eigenvalue weighted by Gasteiger charge is -2.19. The molecule has 0 saturated heterocycles. The van der Waals surface area contributed by atoms with Crippen molar-refractivity contribution < 1.29 is 9.59 Å². The fraction of sp³-hybridized carbons (Fsp3) is 0.429. The largest absolute Gasteiger partial charge is 0.359 e. The van der Waals surface area contributed by atoms with Crippen LogP contribution in [0.1, 0.15) is 25.8 Å². The van der Waals surface area contributed by atoms with E-state index in [2.05, 4.69) is 78.4 Å². The van der Waals surface area contributed by atoms with E-state index >= 15 is 0 Å². The molecule has 4 nitrogen and oxygen atoms in total. The maximum absolute atomic E-state index is 11.9. The Kier molecular flexibility index (Phi) is 8.17. The van der Waals surface area contributed by atoms with Gasteiger partial charge in [-0.2, -0.15) is 0 Å². The fourth-order valence-electron chi connectivity index (χ4n) is 1.98. The van der Waals surface area contributed by atoms with Crippen LogP contribution in [0.4, 0.5) is 5.69 Å². The number of rotatable bonds is 5. The molecule has 0 saturated carbocycles. The maximum atomic E-state index is 11.9. The van der Waals surface area contributed by atoms with Gasteiger partial charge in [0.05, 0.1) is 5.69 Å². The number of hydrogen-bond acceptors (Lipinski definition) is 2. The Bertz CT molecular complexity index is 562. The molecule has 0 heterocycles. The highest BCUT2D eigenvalue weighted by Crippen LogP contribution is 2.33. The molecule has 1 aromatic rings. The number of nitrogens with one attached hydrogen (secondary N) is 2. The number of amides is 2. The summed E-state index contributed by atoms with van der Waals surface area (Å²) in [5, 5.41) is 5.60. The molecule has 7 heteroatoms. The van der Waals surface area contributed by atoms with E-state index in [0.717, 1.165) is 28.4 Å². The van der Waals surface area contributed by atoms with Gasteiger partial charge in [-0.1, -0.05) is 6.92 Å². The standard InChI is InChI=1S/C14H17I3N2O2/c1-4-8(14(21)18-3)5-9-10(15)6-11(16)13(12(9)17)19-7(2)20/h6,8H,4-5H2,1-3H3,(H,18,21)(H,19,20). The predicted octanol–water partition coefficient (Wildman–Crippen LogP) is 3.77. The van der Waals surface area contributed by atoms with E-state index in [1.807, 2.05) is 13.0 Å². The zero-order valence-corrected chi connectivity index (χ0v) is 18.5. The molecular weight excluding hydrogens is 609 g/mol. The van der Waals surface area contributed by atoms with E-state index in [0.29, 0.717) is 6.42 Å². The Morgan fingerprint density at radius 3 is 2.33 bits per heavy atom. The van der Waals surface area contributed by atoms with Gasteiger partial charge in [-0.25, -0.2) is 0 Å². The lowest BCUT2D eigenvalue weighted by Crippen LogP contribution is -2.29. The van der Waals surface area contributed by atoms with Crippen molar-refractivity contribution in [3.05, 3.63) is 22.3 Å². The summed E-state index contributed by atoms with van der Waals surface area (Å²) in [5.41, 5.74) is 1.96.